The van der Waals surface area contributed by atoms with Crippen molar-refractivity contribution in [2.24, 2.45) is 0 Å². The Morgan fingerprint density at radius 2 is 1.90 bits per heavy atom. The molecule has 3 heterocycles. The summed E-state index contributed by atoms with van der Waals surface area (Å²) in [6.45, 7) is 7.11. The highest BCUT2D eigenvalue weighted by Crippen LogP contribution is 2.25. The summed E-state index contributed by atoms with van der Waals surface area (Å²) in [4.78, 5) is 30.5. The summed E-state index contributed by atoms with van der Waals surface area (Å²) in [5, 5.41) is 7.12. The number of aliphatic carboxylic acids is 1. The first-order valence-corrected chi connectivity index (χ1v) is 9.38. The van der Waals surface area contributed by atoms with Gasteiger partial charge in [0.05, 0.1) is 18.4 Å². The number of aryl methyl sites for hydroxylation is 2. The van der Waals surface area contributed by atoms with Crippen LogP contribution in [-0.2, 0) is 16.1 Å². The van der Waals surface area contributed by atoms with Gasteiger partial charge in [-0.3, -0.25) is 4.79 Å². The second-order valence-corrected chi connectivity index (χ2v) is 6.84. The number of carboxylic acid groups (broad SMARTS) is 1. The van der Waals surface area contributed by atoms with Crippen molar-refractivity contribution >= 4 is 17.7 Å². The molecule has 1 aliphatic heterocycles. The molecule has 1 aliphatic rings. The number of hydrogen-bond donors (Lipinski definition) is 1. The number of methoxy groups -OCH3 is 1. The van der Waals surface area contributed by atoms with Gasteiger partial charge in [0.15, 0.2) is 0 Å². The second kappa shape index (κ2) is 10.3. The van der Waals surface area contributed by atoms with Crippen LogP contribution in [0.15, 0.2) is 28.9 Å². The van der Waals surface area contributed by atoms with Crippen molar-refractivity contribution in [1.29, 1.82) is 0 Å². The Kier molecular flexibility index (Phi) is 8.03. The van der Waals surface area contributed by atoms with E-state index in [0.717, 1.165) is 30.2 Å². The Bertz CT molecular complexity index is 914. The predicted octanol–water partition coefficient (Wildman–Crippen LogP) is 3.03. The Morgan fingerprint density at radius 1 is 1.23 bits per heavy atom. The number of carbonyl (C=O) groups is 2. The minimum Gasteiger partial charge on any atom is -0.475 e. The topological polar surface area (TPSA) is 96.1 Å². The number of amides is 1. The summed E-state index contributed by atoms with van der Waals surface area (Å²) in [5.41, 5.74) is 2.66. The number of aromatic nitrogens is 1. The Balaban J connectivity index is 0.000000423. The number of halogens is 3. The summed E-state index contributed by atoms with van der Waals surface area (Å²) >= 11 is 0. The van der Waals surface area contributed by atoms with E-state index >= 15 is 0 Å². The maximum Gasteiger partial charge on any atom is 0.490 e. The number of ether oxygens (including phenoxy) is 1. The number of nitrogens with zero attached hydrogens (tertiary/aromatic N) is 3. The van der Waals surface area contributed by atoms with Crippen LogP contribution < -0.4 is 4.90 Å². The summed E-state index contributed by atoms with van der Waals surface area (Å²) < 4.78 is 42.2. The van der Waals surface area contributed by atoms with Gasteiger partial charge >= 0.3 is 12.1 Å². The van der Waals surface area contributed by atoms with E-state index in [0.29, 0.717) is 31.0 Å². The lowest BCUT2D eigenvalue weighted by molar-refractivity contribution is -0.192. The van der Waals surface area contributed by atoms with Gasteiger partial charge in [-0.1, -0.05) is 6.07 Å². The summed E-state index contributed by atoms with van der Waals surface area (Å²) in [6, 6.07) is 5.79. The number of anilines is 1. The van der Waals surface area contributed by atoms with Gasteiger partial charge in [-0.15, -0.1) is 0 Å². The lowest BCUT2D eigenvalue weighted by Crippen LogP contribution is -2.36. The summed E-state index contributed by atoms with van der Waals surface area (Å²) in [6.07, 6.45) is -3.52. The van der Waals surface area contributed by atoms with Crippen molar-refractivity contribution in [3.05, 3.63) is 47.0 Å². The van der Waals surface area contributed by atoms with Gasteiger partial charge in [-0.05, 0) is 26.0 Å². The van der Waals surface area contributed by atoms with Crippen LogP contribution in [0.3, 0.4) is 0 Å². The molecule has 0 unspecified atom stereocenters. The summed E-state index contributed by atoms with van der Waals surface area (Å²) in [7, 11) is 1.69. The molecule has 2 aromatic rings. The highest BCUT2D eigenvalue weighted by molar-refractivity contribution is 5.95. The summed E-state index contributed by atoms with van der Waals surface area (Å²) in [5.74, 6) is -1.15. The number of carboxylic acids is 1. The minimum absolute atomic E-state index is 0.00127. The molecule has 0 spiro atoms. The first-order chi connectivity index (χ1) is 14.5. The molecular formula is C20H24F3N3O5. The van der Waals surface area contributed by atoms with Crippen molar-refractivity contribution in [3.8, 4) is 0 Å². The molecule has 2 aromatic heterocycles. The molecule has 0 aliphatic carbocycles. The third kappa shape index (κ3) is 6.45. The van der Waals surface area contributed by atoms with Crippen molar-refractivity contribution in [2.45, 2.75) is 26.6 Å². The largest absolute Gasteiger partial charge is 0.490 e. The molecule has 11 heteroatoms. The van der Waals surface area contributed by atoms with Gasteiger partial charge < -0.3 is 24.1 Å². The van der Waals surface area contributed by atoms with Crippen LogP contribution in [0, 0.1) is 13.8 Å². The average Bonchev–Trinajstić information content (AvgIpc) is 3.04. The third-order valence-corrected chi connectivity index (χ3v) is 4.58. The second-order valence-electron chi connectivity index (χ2n) is 6.84. The van der Waals surface area contributed by atoms with Gasteiger partial charge in [0, 0.05) is 44.5 Å². The van der Waals surface area contributed by atoms with Crippen LogP contribution in [0.2, 0.25) is 0 Å². The number of hydrogen-bond acceptors (Lipinski definition) is 6. The molecule has 1 N–H and O–H groups in total. The predicted molar refractivity (Wildman–Crippen MR) is 105 cm³/mol. The molecular weight excluding hydrogens is 419 g/mol. The normalized spacial score (nSPS) is 13.7. The van der Waals surface area contributed by atoms with Crippen LogP contribution in [0.1, 0.15) is 27.4 Å². The first kappa shape index (κ1) is 24.2. The smallest absolute Gasteiger partial charge is 0.475 e. The third-order valence-electron chi connectivity index (χ3n) is 4.58. The Hall–Kier alpha value is -3.08. The molecule has 8 nitrogen and oxygen atoms in total. The number of fused-ring (bicyclic) bond motifs is 1. The van der Waals surface area contributed by atoms with Crippen molar-refractivity contribution in [2.75, 3.05) is 38.3 Å². The highest BCUT2D eigenvalue weighted by Gasteiger charge is 2.38. The number of rotatable bonds is 4. The fourth-order valence-corrected chi connectivity index (χ4v) is 2.97. The number of pyridine rings is 1. The maximum absolute atomic E-state index is 12.8. The van der Waals surface area contributed by atoms with Gasteiger partial charge in [0.25, 0.3) is 5.91 Å². The van der Waals surface area contributed by atoms with E-state index in [2.05, 4.69) is 11.0 Å². The molecule has 3 rings (SSSR count). The highest BCUT2D eigenvalue weighted by atomic mass is 19.4. The fourth-order valence-electron chi connectivity index (χ4n) is 2.97. The van der Waals surface area contributed by atoms with E-state index in [1.54, 1.807) is 19.4 Å². The van der Waals surface area contributed by atoms with Crippen molar-refractivity contribution in [1.82, 2.24) is 9.88 Å². The molecule has 0 bridgehead atoms. The number of furan rings is 1. The zero-order valence-electron chi connectivity index (χ0n) is 17.4. The monoisotopic (exact) mass is 443 g/mol. The van der Waals surface area contributed by atoms with E-state index in [4.69, 9.17) is 24.0 Å². The fraction of sp³-hybridized carbons (Fsp3) is 0.450. The molecule has 0 fully saturated rings. The lowest BCUT2D eigenvalue weighted by atomic mass is 10.2. The minimum atomic E-state index is -5.08. The quantitative estimate of drug-likeness (QED) is 0.776. The van der Waals surface area contributed by atoms with E-state index in [9.17, 15) is 18.0 Å². The zero-order valence-corrected chi connectivity index (χ0v) is 17.4. The standard InChI is InChI=1S/C18H23N3O3.C2HF3O2/c1-13-4-5-15-12-21(18(22)16-6-10-24-14(16)2)8-7-20(9-11-23-3)17(15)19-13;3-2(4,5)1(6)7/h4-6,10H,7-9,11-12H2,1-3H3;(H,6,7). The van der Waals surface area contributed by atoms with Gasteiger partial charge in [0.1, 0.15) is 11.6 Å². The molecule has 0 aromatic carbocycles. The first-order valence-electron chi connectivity index (χ1n) is 9.38. The van der Waals surface area contributed by atoms with Crippen LogP contribution in [0.5, 0.6) is 0 Å². The van der Waals surface area contributed by atoms with Crippen molar-refractivity contribution < 1.29 is 37.0 Å². The molecule has 1 amide bonds. The Labute approximate surface area is 177 Å². The van der Waals surface area contributed by atoms with Crippen molar-refractivity contribution in [3.63, 3.8) is 0 Å². The van der Waals surface area contributed by atoms with Gasteiger partial charge in [-0.2, -0.15) is 13.2 Å². The van der Waals surface area contributed by atoms with E-state index in [1.807, 2.05) is 24.8 Å². The molecule has 0 atom stereocenters. The average molecular weight is 443 g/mol. The van der Waals surface area contributed by atoms with Crippen LogP contribution in [-0.4, -0.2) is 66.4 Å². The van der Waals surface area contributed by atoms with E-state index in [-0.39, 0.29) is 5.91 Å². The molecule has 0 saturated heterocycles. The maximum atomic E-state index is 12.8. The molecule has 0 radical (unpaired) electrons. The van der Waals surface area contributed by atoms with Gasteiger partial charge in [-0.25, -0.2) is 9.78 Å². The number of carbonyl (C=O) groups excluding carboxylic acids is 1. The molecule has 31 heavy (non-hydrogen) atoms. The molecule has 170 valence electrons. The zero-order chi connectivity index (χ0) is 23.2. The number of alkyl halides is 3. The van der Waals surface area contributed by atoms with Gasteiger partial charge in [0.2, 0.25) is 0 Å². The molecule has 0 saturated carbocycles. The van der Waals surface area contributed by atoms with E-state index in [1.165, 1.54) is 0 Å². The lowest BCUT2D eigenvalue weighted by Gasteiger charge is -2.23. The van der Waals surface area contributed by atoms with E-state index < -0.39 is 12.1 Å². The van der Waals surface area contributed by atoms with Crippen LogP contribution in [0.4, 0.5) is 19.0 Å². The van der Waals surface area contributed by atoms with Crippen LogP contribution >= 0.6 is 0 Å². The Morgan fingerprint density at radius 3 is 2.45 bits per heavy atom. The SMILES string of the molecule is COCCN1CCN(C(=O)c2ccoc2C)Cc2ccc(C)nc21.O=C(O)C(F)(F)F. The van der Waals surface area contributed by atoms with Crippen LogP contribution in [0.25, 0.3) is 0 Å².